The molecule has 0 saturated carbocycles. The van der Waals surface area contributed by atoms with E-state index in [2.05, 4.69) is 0 Å². The minimum atomic E-state index is -3.67. The molecule has 0 amide bonds. The van der Waals surface area contributed by atoms with Gasteiger partial charge in [-0.2, -0.15) is 4.31 Å². The minimum absolute atomic E-state index is 0.00964. The van der Waals surface area contributed by atoms with Crippen molar-refractivity contribution in [1.82, 2.24) is 4.31 Å². The van der Waals surface area contributed by atoms with Crippen LogP contribution in [0.1, 0.15) is 0 Å². The fraction of sp³-hybridized carbons (Fsp3) is 0.364. The number of benzene rings is 1. The maximum absolute atomic E-state index is 12.2. The third-order valence-electron chi connectivity index (χ3n) is 2.88. The SMILES string of the molecule is COc1ccccc1S(=O)(=O)N1CC(C(=O)O)C1. The van der Waals surface area contributed by atoms with Crippen molar-refractivity contribution in [1.29, 1.82) is 0 Å². The second kappa shape index (κ2) is 4.58. The summed E-state index contributed by atoms with van der Waals surface area (Å²) in [4.78, 5) is 10.7. The molecule has 2 rings (SSSR count). The van der Waals surface area contributed by atoms with E-state index in [0.717, 1.165) is 4.31 Å². The van der Waals surface area contributed by atoms with Gasteiger partial charge >= 0.3 is 5.97 Å². The summed E-state index contributed by atoms with van der Waals surface area (Å²) in [5.74, 6) is -1.33. The van der Waals surface area contributed by atoms with Crippen molar-refractivity contribution < 1.29 is 23.1 Å². The Morgan fingerprint density at radius 2 is 2.00 bits per heavy atom. The quantitative estimate of drug-likeness (QED) is 0.857. The zero-order valence-corrected chi connectivity index (χ0v) is 10.6. The maximum atomic E-state index is 12.2. The first-order valence-electron chi connectivity index (χ1n) is 5.33. The van der Waals surface area contributed by atoms with Crippen molar-refractivity contribution in [2.24, 2.45) is 5.92 Å². The van der Waals surface area contributed by atoms with Crippen molar-refractivity contribution in [3.63, 3.8) is 0 Å². The van der Waals surface area contributed by atoms with Gasteiger partial charge in [0, 0.05) is 13.1 Å². The Hall–Kier alpha value is -1.60. The molecule has 1 N–H and O–H groups in total. The fourth-order valence-corrected chi connectivity index (χ4v) is 3.45. The third kappa shape index (κ3) is 2.06. The van der Waals surface area contributed by atoms with Gasteiger partial charge in [0.1, 0.15) is 10.6 Å². The first-order valence-corrected chi connectivity index (χ1v) is 6.77. The van der Waals surface area contributed by atoms with Crippen LogP contribution < -0.4 is 4.74 Å². The summed E-state index contributed by atoms with van der Waals surface area (Å²) < 4.78 is 30.6. The fourth-order valence-electron chi connectivity index (χ4n) is 1.76. The van der Waals surface area contributed by atoms with Gasteiger partial charge in [0.15, 0.2) is 0 Å². The molecule has 1 aromatic rings. The van der Waals surface area contributed by atoms with Gasteiger partial charge in [-0.25, -0.2) is 8.42 Å². The molecule has 0 unspecified atom stereocenters. The van der Waals surface area contributed by atoms with Gasteiger partial charge in [0.2, 0.25) is 10.0 Å². The average Bonchev–Trinajstić information content (AvgIpc) is 2.26. The largest absolute Gasteiger partial charge is 0.495 e. The maximum Gasteiger partial charge on any atom is 0.309 e. The lowest BCUT2D eigenvalue weighted by atomic mass is 10.0. The number of carbonyl (C=O) groups is 1. The molecule has 7 heteroatoms. The lowest BCUT2D eigenvalue weighted by Gasteiger charge is -2.35. The summed E-state index contributed by atoms with van der Waals surface area (Å²) in [6.45, 7) is 0.0193. The van der Waals surface area contributed by atoms with E-state index in [1.54, 1.807) is 18.2 Å². The van der Waals surface area contributed by atoms with Crippen LogP contribution in [0, 0.1) is 5.92 Å². The van der Waals surface area contributed by atoms with Crippen LogP contribution in [0.4, 0.5) is 0 Å². The lowest BCUT2D eigenvalue weighted by Crippen LogP contribution is -2.52. The van der Waals surface area contributed by atoms with E-state index in [4.69, 9.17) is 9.84 Å². The van der Waals surface area contributed by atoms with Crippen LogP contribution in [-0.2, 0) is 14.8 Å². The molecular weight excluding hydrogens is 258 g/mol. The molecule has 0 atom stereocenters. The minimum Gasteiger partial charge on any atom is -0.495 e. The highest BCUT2D eigenvalue weighted by Crippen LogP contribution is 2.30. The number of hydrogen-bond donors (Lipinski definition) is 1. The molecule has 1 heterocycles. The highest BCUT2D eigenvalue weighted by Gasteiger charge is 2.41. The molecule has 6 nitrogen and oxygen atoms in total. The number of rotatable bonds is 4. The Labute approximate surface area is 105 Å². The van der Waals surface area contributed by atoms with E-state index in [0.29, 0.717) is 0 Å². The number of para-hydroxylation sites is 1. The van der Waals surface area contributed by atoms with Crippen molar-refractivity contribution in [2.75, 3.05) is 20.2 Å². The van der Waals surface area contributed by atoms with Gasteiger partial charge in [-0.1, -0.05) is 12.1 Å². The van der Waals surface area contributed by atoms with E-state index < -0.39 is 21.9 Å². The highest BCUT2D eigenvalue weighted by molar-refractivity contribution is 7.89. The van der Waals surface area contributed by atoms with E-state index in [1.165, 1.54) is 13.2 Å². The van der Waals surface area contributed by atoms with Crippen molar-refractivity contribution in [3.05, 3.63) is 24.3 Å². The number of carboxylic acid groups (broad SMARTS) is 1. The number of ether oxygens (including phenoxy) is 1. The summed E-state index contributed by atoms with van der Waals surface area (Å²) in [7, 11) is -2.27. The second-order valence-electron chi connectivity index (χ2n) is 4.01. The van der Waals surface area contributed by atoms with Crippen molar-refractivity contribution in [3.8, 4) is 5.75 Å². The summed E-state index contributed by atoms with van der Waals surface area (Å²) in [5.41, 5.74) is 0. The smallest absolute Gasteiger partial charge is 0.309 e. The monoisotopic (exact) mass is 271 g/mol. The van der Waals surface area contributed by atoms with Gasteiger partial charge in [-0.05, 0) is 12.1 Å². The standard InChI is InChI=1S/C11H13NO5S/c1-17-9-4-2-3-5-10(9)18(15,16)12-6-8(7-12)11(13)14/h2-5,8H,6-7H2,1H3,(H,13,14). The molecule has 0 aliphatic carbocycles. The molecule has 1 aliphatic heterocycles. The molecule has 1 aromatic carbocycles. The number of nitrogens with zero attached hydrogens (tertiary/aromatic N) is 1. The first-order chi connectivity index (χ1) is 8.46. The van der Waals surface area contributed by atoms with Crippen LogP contribution in [-0.4, -0.2) is 44.0 Å². The Morgan fingerprint density at radius 1 is 1.39 bits per heavy atom. The zero-order valence-electron chi connectivity index (χ0n) is 9.74. The number of aliphatic carboxylic acids is 1. The van der Waals surface area contributed by atoms with E-state index in [-0.39, 0.29) is 23.7 Å². The third-order valence-corrected chi connectivity index (χ3v) is 4.76. The molecule has 0 radical (unpaired) electrons. The van der Waals surface area contributed by atoms with Gasteiger partial charge in [-0.15, -0.1) is 0 Å². The molecule has 0 aromatic heterocycles. The topological polar surface area (TPSA) is 83.9 Å². The van der Waals surface area contributed by atoms with Gasteiger partial charge < -0.3 is 9.84 Å². The summed E-state index contributed by atoms with van der Waals surface area (Å²) >= 11 is 0. The predicted octanol–water partition coefficient (Wildman–Crippen LogP) is 0.400. The van der Waals surface area contributed by atoms with Gasteiger partial charge in [-0.3, -0.25) is 4.79 Å². The number of carboxylic acids is 1. The molecule has 1 saturated heterocycles. The number of methoxy groups -OCH3 is 1. The Kier molecular flexibility index (Phi) is 3.27. The summed E-state index contributed by atoms with van der Waals surface area (Å²) in [6, 6.07) is 6.28. The van der Waals surface area contributed by atoms with Crippen molar-refractivity contribution >= 4 is 16.0 Å². The Morgan fingerprint density at radius 3 is 2.56 bits per heavy atom. The van der Waals surface area contributed by atoms with E-state index >= 15 is 0 Å². The number of hydrogen-bond acceptors (Lipinski definition) is 4. The molecule has 0 spiro atoms. The Balaban J connectivity index is 2.25. The lowest BCUT2D eigenvalue weighted by molar-refractivity contribution is -0.145. The summed E-state index contributed by atoms with van der Waals surface area (Å²) in [6.07, 6.45) is 0. The average molecular weight is 271 g/mol. The predicted molar refractivity (Wildman–Crippen MR) is 62.9 cm³/mol. The Bertz CT molecular complexity index is 563. The molecular formula is C11H13NO5S. The number of sulfonamides is 1. The van der Waals surface area contributed by atoms with Crippen LogP contribution in [0.3, 0.4) is 0 Å². The van der Waals surface area contributed by atoms with Crippen LogP contribution >= 0.6 is 0 Å². The normalized spacial score (nSPS) is 17.2. The molecule has 1 fully saturated rings. The van der Waals surface area contributed by atoms with Gasteiger partial charge in [0.25, 0.3) is 0 Å². The zero-order chi connectivity index (χ0) is 13.3. The second-order valence-corrected chi connectivity index (χ2v) is 5.91. The molecule has 18 heavy (non-hydrogen) atoms. The summed E-state index contributed by atoms with van der Waals surface area (Å²) in [5, 5.41) is 8.74. The first kappa shape index (κ1) is 12.8. The van der Waals surface area contributed by atoms with Crippen LogP contribution in [0.15, 0.2) is 29.2 Å². The molecule has 0 bridgehead atoms. The van der Waals surface area contributed by atoms with Crippen LogP contribution in [0.2, 0.25) is 0 Å². The molecule has 1 aliphatic rings. The van der Waals surface area contributed by atoms with E-state index in [1.807, 2.05) is 0 Å². The van der Waals surface area contributed by atoms with Crippen LogP contribution in [0.5, 0.6) is 5.75 Å². The van der Waals surface area contributed by atoms with Crippen molar-refractivity contribution in [2.45, 2.75) is 4.90 Å². The van der Waals surface area contributed by atoms with Gasteiger partial charge in [0.05, 0.1) is 13.0 Å². The molecule has 98 valence electrons. The van der Waals surface area contributed by atoms with E-state index in [9.17, 15) is 13.2 Å². The van der Waals surface area contributed by atoms with Crippen LogP contribution in [0.25, 0.3) is 0 Å². The highest BCUT2D eigenvalue weighted by atomic mass is 32.2.